The highest BCUT2D eigenvalue weighted by Crippen LogP contribution is 2.30. The summed E-state index contributed by atoms with van der Waals surface area (Å²) in [5.41, 5.74) is 1.97. The highest BCUT2D eigenvalue weighted by molar-refractivity contribution is 5.85. The van der Waals surface area contributed by atoms with E-state index in [1.165, 1.54) is 18.9 Å². The zero-order chi connectivity index (χ0) is 15.0. The van der Waals surface area contributed by atoms with Gasteiger partial charge in [0.25, 0.3) is 0 Å². The minimum absolute atomic E-state index is 0. The largest absolute Gasteiger partial charge is 0.367 e. The Kier molecular flexibility index (Phi) is 5.31. The molecule has 3 nitrogen and oxygen atoms in total. The summed E-state index contributed by atoms with van der Waals surface area (Å²) < 4.78 is 14.3. The smallest absolute Gasteiger partial charge is 0.143 e. The van der Waals surface area contributed by atoms with E-state index in [4.69, 9.17) is 0 Å². The number of nitrogens with zero attached hydrogens (tertiary/aromatic N) is 2. The second-order valence-electron chi connectivity index (χ2n) is 6.72. The van der Waals surface area contributed by atoms with Gasteiger partial charge in [0, 0.05) is 25.2 Å². The molecule has 0 radical (unpaired) electrons. The molecule has 0 aliphatic carbocycles. The molecular weight excluding hydrogens is 301 g/mol. The van der Waals surface area contributed by atoms with Gasteiger partial charge in [-0.3, -0.25) is 0 Å². The molecule has 0 amide bonds. The highest BCUT2D eigenvalue weighted by atomic mass is 35.5. The van der Waals surface area contributed by atoms with Crippen LogP contribution in [-0.4, -0.2) is 25.2 Å². The number of piperazine rings is 1. The molecule has 2 unspecified atom stereocenters. The first-order chi connectivity index (χ1) is 10.1. The van der Waals surface area contributed by atoms with Crippen molar-refractivity contribution in [1.82, 2.24) is 5.32 Å². The molecule has 1 N–H and O–H groups in total. The Hall–Kier alpha value is -1.31. The lowest BCUT2D eigenvalue weighted by atomic mass is 9.99. The minimum Gasteiger partial charge on any atom is -0.367 e. The van der Waals surface area contributed by atoms with Gasteiger partial charge in [-0.2, -0.15) is 5.26 Å². The lowest BCUT2D eigenvalue weighted by Crippen LogP contribution is -2.51. The van der Waals surface area contributed by atoms with E-state index in [9.17, 15) is 9.65 Å². The second-order valence-corrected chi connectivity index (χ2v) is 6.72. The van der Waals surface area contributed by atoms with Gasteiger partial charge in [-0.15, -0.1) is 12.4 Å². The van der Waals surface area contributed by atoms with Gasteiger partial charge in [-0.05, 0) is 42.9 Å². The predicted molar refractivity (Wildman–Crippen MR) is 89.1 cm³/mol. The van der Waals surface area contributed by atoms with E-state index in [1.807, 2.05) is 6.07 Å². The molecule has 0 saturated carbocycles. The molecule has 2 aliphatic rings. The van der Waals surface area contributed by atoms with Crippen molar-refractivity contribution in [1.29, 1.82) is 5.26 Å². The molecule has 2 fully saturated rings. The van der Waals surface area contributed by atoms with Crippen molar-refractivity contribution < 1.29 is 4.39 Å². The van der Waals surface area contributed by atoms with Crippen LogP contribution in [-0.2, 0) is 6.42 Å². The van der Waals surface area contributed by atoms with Crippen molar-refractivity contribution in [3.63, 3.8) is 0 Å². The quantitative estimate of drug-likeness (QED) is 0.928. The normalized spacial score (nSPS) is 23.3. The molecule has 1 aromatic rings. The van der Waals surface area contributed by atoms with Crippen molar-refractivity contribution in [2.45, 2.75) is 45.2 Å². The van der Waals surface area contributed by atoms with Crippen LogP contribution in [0.5, 0.6) is 0 Å². The summed E-state index contributed by atoms with van der Waals surface area (Å²) in [5, 5.41) is 12.9. The zero-order valence-electron chi connectivity index (χ0n) is 13.1. The average Bonchev–Trinajstić information content (AvgIpc) is 2.76. The Morgan fingerprint density at radius 2 is 1.95 bits per heavy atom. The monoisotopic (exact) mass is 323 g/mol. The third-order valence-electron chi connectivity index (χ3n) is 4.44. The predicted octanol–water partition coefficient (Wildman–Crippen LogP) is 3.26. The van der Waals surface area contributed by atoms with E-state index in [2.05, 4.69) is 30.1 Å². The number of benzene rings is 1. The van der Waals surface area contributed by atoms with E-state index in [1.54, 1.807) is 0 Å². The maximum absolute atomic E-state index is 14.3. The summed E-state index contributed by atoms with van der Waals surface area (Å²) in [5.74, 6) is 0.0981. The van der Waals surface area contributed by atoms with Crippen LogP contribution in [0.4, 0.5) is 10.1 Å². The lowest BCUT2D eigenvalue weighted by molar-refractivity contribution is 0.464. The van der Waals surface area contributed by atoms with Crippen LogP contribution in [0.3, 0.4) is 0 Å². The number of nitriles is 1. The molecule has 2 atom stereocenters. The van der Waals surface area contributed by atoms with E-state index in [0.717, 1.165) is 30.8 Å². The molecule has 3 rings (SSSR count). The number of hydrogen-bond acceptors (Lipinski definition) is 3. The van der Waals surface area contributed by atoms with E-state index in [0.29, 0.717) is 18.0 Å². The first-order valence-electron chi connectivity index (χ1n) is 7.80. The van der Waals surface area contributed by atoms with Crippen molar-refractivity contribution in [3.8, 4) is 6.07 Å². The van der Waals surface area contributed by atoms with Crippen molar-refractivity contribution >= 4 is 18.1 Å². The van der Waals surface area contributed by atoms with Gasteiger partial charge in [0.05, 0.1) is 5.69 Å². The number of hydrogen-bond donors (Lipinski definition) is 1. The fourth-order valence-electron chi connectivity index (χ4n) is 3.59. The lowest BCUT2D eigenvalue weighted by Gasteiger charge is -2.35. The Balaban J connectivity index is 0.00000176. The number of rotatable bonds is 3. The van der Waals surface area contributed by atoms with Gasteiger partial charge >= 0.3 is 0 Å². The summed E-state index contributed by atoms with van der Waals surface area (Å²) in [6.45, 7) is 5.99. The molecule has 0 spiro atoms. The Labute approximate surface area is 137 Å². The molecule has 120 valence electrons. The van der Waals surface area contributed by atoms with Crippen molar-refractivity contribution in [3.05, 3.63) is 29.1 Å². The Morgan fingerprint density at radius 1 is 1.32 bits per heavy atom. The van der Waals surface area contributed by atoms with Gasteiger partial charge < -0.3 is 10.2 Å². The topological polar surface area (TPSA) is 39.1 Å². The first kappa shape index (κ1) is 17.1. The Morgan fingerprint density at radius 3 is 2.50 bits per heavy atom. The third-order valence-corrected chi connectivity index (χ3v) is 4.44. The molecule has 2 bridgehead atoms. The molecule has 5 heteroatoms. The number of anilines is 1. The number of fused-ring (bicyclic) bond motifs is 2. The van der Waals surface area contributed by atoms with Gasteiger partial charge in [-0.25, -0.2) is 4.39 Å². The van der Waals surface area contributed by atoms with Crippen LogP contribution in [0, 0.1) is 23.1 Å². The van der Waals surface area contributed by atoms with Crippen molar-refractivity contribution in [2.24, 2.45) is 5.92 Å². The summed E-state index contributed by atoms with van der Waals surface area (Å²) >= 11 is 0. The molecule has 0 aromatic heterocycles. The van der Waals surface area contributed by atoms with Gasteiger partial charge in [-0.1, -0.05) is 13.8 Å². The van der Waals surface area contributed by atoms with E-state index < -0.39 is 0 Å². The zero-order valence-corrected chi connectivity index (χ0v) is 13.9. The first-order valence-corrected chi connectivity index (χ1v) is 7.80. The van der Waals surface area contributed by atoms with Gasteiger partial charge in [0.15, 0.2) is 0 Å². The maximum Gasteiger partial charge on any atom is 0.143 e. The molecule has 2 saturated heterocycles. The van der Waals surface area contributed by atoms with Crippen LogP contribution < -0.4 is 10.2 Å². The number of nitrogens with one attached hydrogen (secondary N) is 1. The summed E-state index contributed by atoms with van der Waals surface area (Å²) in [7, 11) is 0. The van der Waals surface area contributed by atoms with Crippen molar-refractivity contribution in [2.75, 3.05) is 18.0 Å². The van der Waals surface area contributed by atoms with Crippen LogP contribution in [0.25, 0.3) is 0 Å². The molecular formula is C17H23ClFN3. The molecule has 2 heterocycles. The van der Waals surface area contributed by atoms with Gasteiger partial charge in [0.2, 0.25) is 0 Å². The Bertz CT molecular complexity index is 570. The van der Waals surface area contributed by atoms with E-state index >= 15 is 0 Å². The molecule has 22 heavy (non-hydrogen) atoms. The summed E-state index contributed by atoms with van der Waals surface area (Å²) in [4.78, 5) is 2.20. The van der Waals surface area contributed by atoms with Crippen LogP contribution in [0.1, 0.15) is 37.8 Å². The molecule has 1 aromatic carbocycles. The summed E-state index contributed by atoms with van der Waals surface area (Å²) in [6.07, 6.45) is 3.20. The number of halogens is 2. The highest BCUT2D eigenvalue weighted by Gasteiger charge is 2.33. The fourth-order valence-corrected chi connectivity index (χ4v) is 3.59. The maximum atomic E-state index is 14.3. The fraction of sp³-hybridized carbons (Fsp3) is 0.588. The SMILES string of the molecule is CC(C)Cc1cc(F)c(C#N)c(N2CC3CCC(C2)N3)c1.Cl. The van der Waals surface area contributed by atoms with E-state index in [-0.39, 0.29) is 23.8 Å². The second kappa shape index (κ2) is 6.85. The van der Waals surface area contributed by atoms with Gasteiger partial charge in [0.1, 0.15) is 17.4 Å². The van der Waals surface area contributed by atoms with Crippen LogP contribution in [0.2, 0.25) is 0 Å². The molecule has 2 aliphatic heterocycles. The third kappa shape index (κ3) is 3.37. The summed E-state index contributed by atoms with van der Waals surface area (Å²) in [6, 6.07) is 6.56. The van der Waals surface area contributed by atoms with Crippen LogP contribution >= 0.6 is 12.4 Å². The average molecular weight is 324 g/mol. The standard InChI is InChI=1S/C17H22FN3.ClH/c1-11(2)5-12-6-16(18)15(8-19)17(7-12)21-9-13-3-4-14(10-21)20-13;/h6-7,11,13-14,20H,3-5,9-10H2,1-2H3;1H. The van der Waals surface area contributed by atoms with Crippen LogP contribution in [0.15, 0.2) is 12.1 Å². The minimum atomic E-state index is -0.378.